The molecule has 0 bridgehead atoms. The minimum atomic E-state index is 0.389. The number of rotatable bonds is 4. The van der Waals surface area contributed by atoms with Crippen molar-refractivity contribution in [2.75, 3.05) is 20.1 Å². The topological polar surface area (TPSA) is 82.1 Å². The van der Waals surface area contributed by atoms with Crippen LogP contribution in [0.15, 0.2) is 29.5 Å². The van der Waals surface area contributed by atoms with Crippen LogP contribution in [0.25, 0.3) is 36.7 Å². The standard InChI is InChI=1S/C24H25N7S2/c1-31-7-3-5-19(31)22-27-12-18(28-22)24-30-17-10-20-16(9-21(17)33-24)29-23(32-20)13-8-15(26-11-13)14-4-2-6-25-14/h9-12,14,19,25H,2-8H2,1H3,(H,27,28)/t14-,19-/m0/s1. The first kappa shape index (κ1) is 20.0. The third-order valence-electron chi connectivity index (χ3n) is 7.05. The Balaban J connectivity index is 1.15. The predicted octanol–water partition coefficient (Wildman–Crippen LogP) is 5.00. The van der Waals surface area contributed by atoms with Crippen LogP contribution in [0.2, 0.25) is 0 Å². The molecular weight excluding hydrogens is 450 g/mol. The molecule has 168 valence electrons. The Hall–Kier alpha value is -2.46. The van der Waals surface area contributed by atoms with E-state index in [1.54, 1.807) is 22.7 Å². The number of thiazole rings is 2. The lowest BCUT2D eigenvalue weighted by molar-refractivity contribution is 0.307. The third kappa shape index (κ3) is 3.45. The van der Waals surface area contributed by atoms with Crippen LogP contribution in [0.5, 0.6) is 0 Å². The molecule has 3 aliphatic heterocycles. The third-order valence-corrected chi connectivity index (χ3v) is 9.20. The lowest BCUT2D eigenvalue weighted by Crippen LogP contribution is -2.29. The fourth-order valence-electron chi connectivity index (χ4n) is 5.23. The van der Waals surface area contributed by atoms with Crippen LogP contribution < -0.4 is 5.32 Å². The smallest absolute Gasteiger partial charge is 0.142 e. The van der Waals surface area contributed by atoms with Gasteiger partial charge in [0.2, 0.25) is 0 Å². The maximum Gasteiger partial charge on any atom is 0.142 e. The molecule has 0 unspecified atom stereocenters. The summed E-state index contributed by atoms with van der Waals surface area (Å²) in [4.78, 5) is 25.2. The van der Waals surface area contributed by atoms with Gasteiger partial charge >= 0.3 is 0 Å². The number of aromatic nitrogens is 4. The summed E-state index contributed by atoms with van der Waals surface area (Å²) in [7, 11) is 2.17. The molecule has 0 spiro atoms. The van der Waals surface area contributed by atoms with Gasteiger partial charge in [0.15, 0.2) is 0 Å². The van der Waals surface area contributed by atoms with Gasteiger partial charge in [0.25, 0.3) is 0 Å². The molecule has 2 N–H and O–H groups in total. The fraction of sp³-hybridized carbons (Fsp3) is 0.417. The van der Waals surface area contributed by atoms with Crippen LogP contribution in [-0.2, 0) is 0 Å². The van der Waals surface area contributed by atoms with Crippen molar-refractivity contribution < 1.29 is 0 Å². The molecule has 2 fully saturated rings. The van der Waals surface area contributed by atoms with Gasteiger partial charge in [-0.25, -0.2) is 15.0 Å². The van der Waals surface area contributed by atoms with Crippen LogP contribution in [-0.4, -0.2) is 56.7 Å². The van der Waals surface area contributed by atoms with Crippen LogP contribution in [0.3, 0.4) is 0 Å². The van der Waals surface area contributed by atoms with Gasteiger partial charge in [-0.1, -0.05) is 0 Å². The lowest BCUT2D eigenvalue weighted by atomic mass is 10.0. The summed E-state index contributed by atoms with van der Waals surface area (Å²) >= 11 is 3.45. The van der Waals surface area contributed by atoms with Gasteiger partial charge in [0.1, 0.15) is 15.8 Å². The molecule has 6 heterocycles. The number of imidazole rings is 1. The number of hydrogen-bond acceptors (Lipinski definition) is 8. The molecule has 0 saturated carbocycles. The predicted molar refractivity (Wildman–Crippen MR) is 136 cm³/mol. The molecule has 2 saturated heterocycles. The molecule has 7 nitrogen and oxygen atoms in total. The van der Waals surface area contributed by atoms with Crippen LogP contribution >= 0.6 is 22.7 Å². The van der Waals surface area contributed by atoms with Crippen molar-refractivity contribution >= 4 is 54.4 Å². The second-order valence-corrected chi connectivity index (χ2v) is 11.3. The number of nitrogens with one attached hydrogen (secondary N) is 2. The molecular formula is C24H25N7S2. The highest BCUT2D eigenvalue weighted by Gasteiger charge is 2.26. The summed E-state index contributed by atoms with van der Waals surface area (Å²) in [6, 6.07) is 5.20. The largest absolute Gasteiger partial charge is 0.339 e. The van der Waals surface area contributed by atoms with Gasteiger partial charge in [0, 0.05) is 29.9 Å². The van der Waals surface area contributed by atoms with E-state index >= 15 is 0 Å². The molecule has 2 atom stereocenters. The van der Waals surface area contributed by atoms with E-state index in [0.29, 0.717) is 12.1 Å². The maximum absolute atomic E-state index is 4.96. The number of allylic oxidation sites excluding steroid dienone is 1. The van der Waals surface area contributed by atoms with Crippen molar-refractivity contribution in [3.63, 3.8) is 0 Å². The normalized spacial score (nSPS) is 23.8. The number of likely N-dealkylation sites (tertiary alicyclic amines) is 1. The molecule has 4 aromatic rings. The number of aliphatic imine (C=N–C) groups is 1. The highest BCUT2D eigenvalue weighted by atomic mass is 32.1. The van der Waals surface area contributed by atoms with Gasteiger partial charge < -0.3 is 10.3 Å². The molecule has 9 heteroatoms. The number of H-pyrrole nitrogens is 1. The molecule has 1 aromatic carbocycles. The molecule has 0 radical (unpaired) electrons. The van der Waals surface area contributed by atoms with Crippen molar-refractivity contribution in [1.29, 1.82) is 0 Å². The van der Waals surface area contributed by atoms with Crippen molar-refractivity contribution in [2.24, 2.45) is 4.99 Å². The van der Waals surface area contributed by atoms with E-state index < -0.39 is 0 Å². The Morgan fingerprint density at radius 2 is 1.85 bits per heavy atom. The monoisotopic (exact) mass is 475 g/mol. The van der Waals surface area contributed by atoms with Crippen molar-refractivity contribution in [3.8, 4) is 10.7 Å². The number of aromatic amines is 1. The maximum atomic E-state index is 4.96. The van der Waals surface area contributed by atoms with Gasteiger partial charge in [-0.3, -0.25) is 9.89 Å². The zero-order valence-corrected chi connectivity index (χ0v) is 20.1. The second-order valence-electron chi connectivity index (χ2n) is 9.25. The van der Waals surface area contributed by atoms with Gasteiger partial charge in [0.05, 0.1) is 38.4 Å². The van der Waals surface area contributed by atoms with E-state index in [0.717, 1.165) is 63.2 Å². The van der Waals surface area contributed by atoms with E-state index in [2.05, 4.69) is 39.4 Å². The average Bonchev–Trinajstić information content (AvgIpc) is 3.62. The Bertz CT molecular complexity index is 1370. The zero-order valence-electron chi connectivity index (χ0n) is 18.5. The van der Waals surface area contributed by atoms with Crippen LogP contribution in [0.1, 0.15) is 49.0 Å². The molecule has 0 aliphatic carbocycles. The molecule has 0 amide bonds. The summed E-state index contributed by atoms with van der Waals surface area (Å²) in [5.41, 5.74) is 5.57. The fourth-order valence-corrected chi connectivity index (χ4v) is 7.17. The molecule has 33 heavy (non-hydrogen) atoms. The SMILES string of the molecule is CN1CCC[C@H]1c1ncc(-c2nc3cc4sc(C5=CN=C([C@@H]6CCCN6)C5)nc4cc3s2)[nH]1. The van der Waals surface area contributed by atoms with Crippen LogP contribution in [0.4, 0.5) is 0 Å². The molecule has 3 aliphatic rings. The summed E-state index contributed by atoms with van der Waals surface area (Å²) in [6.45, 7) is 2.23. The average molecular weight is 476 g/mol. The van der Waals surface area contributed by atoms with E-state index in [1.807, 2.05) is 12.4 Å². The first-order chi connectivity index (χ1) is 16.2. The van der Waals surface area contributed by atoms with E-state index in [-0.39, 0.29) is 0 Å². The second kappa shape index (κ2) is 7.80. The Morgan fingerprint density at radius 1 is 1.03 bits per heavy atom. The van der Waals surface area contributed by atoms with Crippen molar-refractivity contribution in [1.82, 2.24) is 30.2 Å². The molecule has 3 aromatic heterocycles. The van der Waals surface area contributed by atoms with Gasteiger partial charge in [-0.15, -0.1) is 22.7 Å². The Kier molecular flexibility index (Phi) is 4.72. The van der Waals surface area contributed by atoms with Crippen molar-refractivity contribution in [2.45, 2.75) is 44.2 Å². The summed E-state index contributed by atoms with van der Waals surface area (Å²) in [5, 5.41) is 5.63. The van der Waals surface area contributed by atoms with Crippen LogP contribution in [0, 0.1) is 0 Å². The summed E-state index contributed by atoms with van der Waals surface area (Å²) < 4.78 is 2.34. The number of hydrogen-bond donors (Lipinski definition) is 2. The zero-order chi connectivity index (χ0) is 21.9. The Morgan fingerprint density at radius 3 is 2.61 bits per heavy atom. The first-order valence-corrected chi connectivity index (χ1v) is 13.3. The van der Waals surface area contributed by atoms with Crippen molar-refractivity contribution in [3.05, 3.63) is 35.4 Å². The number of nitrogens with zero attached hydrogens (tertiary/aromatic N) is 5. The van der Waals surface area contributed by atoms with E-state index in [1.165, 1.54) is 35.2 Å². The van der Waals surface area contributed by atoms with E-state index in [4.69, 9.17) is 15.0 Å². The lowest BCUT2D eigenvalue weighted by Gasteiger charge is -2.16. The highest BCUT2D eigenvalue weighted by Crippen LogP contribution is 2.38. The van der Waals surface area contributed by atoms with E-state index in [9.17, 15) is 0 Å². The summed E-state index contributed by atoms with van der Waals surface area (Å²) in [5.74, 6) is 1.05. The summed E-state index contributed by atoms with van der Waals surface area (Å²) in [6.07, 6.45) is 9.68. The van der Waals surface area contributed by atoms with Gasteiger partial charge in [-0.2, -0.15) is 0 Å². The number of benzene rings is 1. The van der Waals surface area contributed by atoms with Gasteiger partial charge in [-0.05, 0) is 58.0 Å². The highest BCUT2D eigenvalue weighted by molar-refractivity contribution is 7.22. The minimum absolute atomic E-state index is 0.389. The first-order valence-electron chi connectivity index (χ1n) is 11.7. The minimum Gasteiger partial charge on any atom is -0.339 e. The molecule has 7 rings (SSSR count). The Labute approximate surface area is 199 Å². The quantitative estimate of drug-likeness (QED) is 0.434. The number of fused-ring (bicyclic) bond motifs is 2.